The summed E-state index contributed by atoms with van der Waals surface area (Å²) >= 11 is 1.37. The number of carbonyl (C=O) groups excluding carboxylic acids is 1. The maximum atomic E-state index is 12.7. The third-order valence-electron chi connectivity index (χ3n) is 4.40. The smallest absolute Gasteiger partial charge is 0.209 e. The van der Waals surface area contributed by atoms with E-state index in [-0.39, 0.29) is 11.9 Å². The van der Waals surface area contributed by atoms with Crippen molar-refractivity contribution in [2.75, 3.05) is 12.4 Å². The standard InChI is InChI=1S/C17H19N5O2S/c1-11-16(13-6-2-3-7-14(13)18-11)15(23)10-25-17-19-20-21-22(17)9-12-5-4-8-24-12/h2-3,6-7,12,18H,4-5,8-10H2,1H3/t12-/m1/s1. The monoisotopic (exact) mass is 357 g/mol. The van der Waals surface area contributed by atoms with Crippen LogP contribution in [0.3, 0.4) is 0 Å². The van der Waals surface area contributed by atoms with Crippen LogP contribution in [0.4, 0.5) is 0 Å². The fourth-order valence-electron chi connectivity index (χ4n) is 3.23. The third kappa shape index (κ3) is 3.32. The molecule has 1 aromatic carbocycles. The Morgan fingerprint density at radius 2 is 2.32 bits per heavy atom. The van der Waals surface area contributed by atoms with E-state index in [0.29, 0.717) is 17.5 Å². The molecule has 3 heterocycles. The lowest BCUT2D eigenvalue weighted by atomic mass is 10.1. The molecule has 0 unspecified atom stereocenters. The average molecular weight is 357 g/mol. The molecule has 1 atom stereocenters. The zero-order valence-corrected chi connectivity index (χ0v) is 14.8. The predicted molar refractivity (Wildman–Crippen MR) is 94.9 cm³/mol. The summed E-state index contributed by atoms with van der Waals surface area (Å²) in [5, 5.41) is 13.4. The van der Waals surface area contributed by atoms with E-state index < -0.39 is 0 Å². The fourth-order valence-corrected chi connectivity index (χ4v) is 3.99. The number of benzene rings is 1. The van der Waals surface area contributed by atoms with Crippen LogP contribution >= 0.6 is 11.8 Å². The van der Waals surface area contributed by atoms with E-state index >= 15 is 0 Å². The molecule has 7 nitrogen and oxygen atoms in total. The molecule has 4 rings (SSSR count). The second kappa shape index (κ2) is 6.97. The summed E-state index contributed by atoms with van der Waals surface area (Å²) in [6, 6.07) is 7.86. The minimum absolute atomic E-state index is 0.0756. The molecule has 1 aliphatic heterocycles. The highest BCUT2D eigenvalue weighted by Crippen LogP contribution is 2.25. The van der Waals surface area contributed by atoms with Crippen molar-refractivity contribution in [3.63, 3.8) is 0 Å². The van der Waals surface area contributed by atoms with Gasteiger partial charge in [0.1, 0.15) is 0 Å². The van der Waals surface area contributed by atoms with Crippen LogP contribution in [-0.2, 0) is 11.3 Å². The summed E-state index contributed by atoms with van der Waals surface area (Å²) in [6.07, 6.45) is 2.26. The van der Waals surface area contributed by atoms with E-state index in [0.717, 1.165) is 41.6 Å². The van der Waals surface area contributed by atoms with E-state index in [9.17, 15) is 4.79 Å². The Bertz CT molecular complexity index is 897. The van der Waals surface area contributed by atoms with E-state index in [1.54, 1.807) is 4.68 Å². The van der Waals surface area contributed by atoms with Gasteiger partial charge in [0.2, 0.25) is 5.16 Å². The molecule has 0 amide bonds. The number of H-pyrrole nitrogens is 1. The van der Waals surface area contributed by atoms with E-state index in [4.69, 9.17) is 4.74 Å². The number of nitrogens with zero attached hydrogens (tertiary/aromatic N) is 4. The van der Waals surface area contributed by atoms with Gasteiger partial charge in [0.15, 0.2) is 5.78 Å². The van der Waals surface area contributed by atoms with Gasteiger partial charge in [-0.1, -0.05) is 30.0 Å². The van der Waals surface area contributed by atoms with Crippen LogP contribution in [0.1, 0.15) is 28.9 Å². The van der Waals surface area contributed by atoms with E-state index in [1.165, 1.54) is 11.8 Å². The van der Waals surface area contributed by atoms with Gasteiger partial charge in [-0.15, -0.1) is 5.10 Å². The summed E-state index contributed by atoms with van der Waals surface area (Å²) in [5.74, 6) is 0.376. The maximum absolute atomic E-state index is 12.7. The molecule has 0 radical (unpaired) electrons. The highest BCUT2D eigenvalue weighted by atomic mass is 32.2. The van der Waals surface area contributed by atoms with E-state index in [1.807, 2.05) is 31.2 Å². The number of hydrogen-bond acceptors (Lipinski definition) is 6. The number of aryl methyl sites for hydroxylation is 1. The number of rotatable bonds is 6. The molecule has 25 heavy (non-hydrogen) atoms. The lowest BCUT2D eigenvalue weighted by Crippen LogP contribution is -2.17. The third-order valence-corrected chi connectivity index (χ3v) is 5.36. The Morgan fingerprint density at radius 3 is 3.16 bits per heavy atom. The molecule has 3 aromatic rings. The number of Topliss-reactive ketones (excluding diaryl/α,β-unsaturated/α-hetero) is 1. The van der Waals surface area contributed by atoms with E-state index in [2.05, 4.69) is 20.5 Å². The zero-order chi connectivity index (χ0) is 17.2. The minimum Gasteiger partial charge on any atom is -0.376 e. The van der Waals surface area contributed by atoms with Crippen molar-refractivity contribution in [1.82, 2.24) is 25.2 Å². The number of nitrogens with one attached hydrogen (secondary N) is 1. The molecular formula is C17H19N5O2S. The maximum Gasteiger partial charge on any atom is 0.209 e. The molecule has 0 spiro atoms. The average Bonchev–Trinajstić information content (AvgIpc) is 3.33. The number of aromatic nitrogens is 5. The molecule has 0 bridgehead atoms. The van der Waals surface area contributed by atoms with Crippen molar-refractivity contribution >= 4 is 28.4 Å². The normalized spacial score (nSPS) is 17.4. The number of thioether (sulfide) groups is 1. The molecule has 1 saturated heterocycles. The highest BCUT2D eigenvalue weighted by Gasteiger charge is 2.21. The van der Waals surface area contributed by atoms with Gasteiger partial charge in [-0.05, 0) is 36.3 Å². The van der Waals surface area contributed by atoms with Crippen LogP contribution in [0.25, 0.3) is 10.9 Å². The molecule has 1 aliphatic rings. The Balaban J connectivity index is 1.47. The molecular weight excluding hydrogens is 338 g/mol. The van der Waals surface area contributed by atoms with Gasteiger partial charge < -0.3 is 9.72 Å². The largest absolute Gasteiger partial charge is 0.376 e. The van der Waals surface area contributed by atoms with Crippen LogP contribution in [0, 0.1) is 6.92 Å². The van der Waals surface area contributed by atoms with Gasteiger partial charge in [-0.25, -0.2) is 4.68 Å². The lowest BCUT2D eigenvalue weighted by Gasteiger charge is -2.09. The molecule has 0 aliphatic carbocycles. The van der Waals surface area contributed by atoms with Crippen LogP contribution in [0.5, 0.6) is 0 Å². The first-order valence-electron chi connectivity index (χ1n) is 8.33. The van der Waals surface area contributed by atoms with Gasteiger partial charge >= 0.3 is 0 Å². The molecule has 2 aromatic heterocycles. The van der Waals surface area contributed by atoms with Crippen LogP contribution in [0.2, 0.25) is 0 Å². The lowest BCUT2D eigenvalue weighted by molar-refractivity contribution is 0.0912. The fraction of sp³-hybridized carbons (Fsp3) is 0.412. The van der Waals surface area contributed by atoms with Gasteiger partial charge in [-0.2, -0.15) is 0 Å². The van der Waals surface area contributed by atoms with Gasteiger partial charge in [0.05, 0.1) is 18.4 Å². The summed E-state index contributed by atoms with van der Waals surface area (Å²) in [6.45, 7) is 3.36. The molecule has 8 heteroatoms. The second-order valence-electron chi connectivity index (χ2n) is 6.16. The number of carbonyl (C=O) groups is 1. The number of ketones is 1. The molecule has 130 valence electrons. The Labute approximate surface area is 149 Å². The number of fused-ring (bicyclic) bond motifs is 1. The number of ether oxygens (including phenoxy) is 1. The van der Waals surface area contributed by atoms with Gasteiger partial charge in [0.25, 0.3) is 0 Å². The summed E-state index contributed by atoms with van der Waals surface area (Å²) in [7, 11) is 0. The van der Waals surface area contributed by atoms with Crippen LogP contribution in [-0.4, -0.2) is 49.4 Å². The van der Waals surface area contributed by atoms with Crippen LogP contribution < -0.4 is 0 Å². The number of aromatic amines is 1. The zero-order valence-electron chi connectivity index (χ0n) is 13.9. The minimum atomic E-state index is 0.0756. The van der Waals surface area contributed by atoms with Crippen molar-refractivity contribution in [3.05, 3.63) is 35.5 Å². The second-order valence-corrected chi connectivity index (χ2v) is 7.10. The van der Waals surface area contributed by atoms with Gasteiger partial charge in [-0.3, -0.25) is 4.79 Å². The first-order chi connectivity index (χ1) is 12.2. The van der Waals surface area contributed by atoms with Crippen molar-refractivity contribution in [3.8, 4) is 0 Å². The first kappa shape index (κ1) is 16.3. The molecule has 1 N–H and O–H groups in total. The van der Waals surface area contributed by atoms with Crippen LogP contribution in [0.15, 0.2) is 29.4 Å². The SMILES string of the molecule is Cc1[nH]c2ccccc2c1C(=O)CSc1nnnn1C[C@H]1CCCO1. The topological polar surface area (TPSA) is 85.7 Å². The number of tetrazole rings is 1. The predicted octanol–water partition coefficient (Wildman–Crippen LogP) is 2.62. The Hall–Kier alpha value is -2.19. The molecule has 1 fully saturated rings. The summed E-state index contributed by atoms with van der Waals surface area (Å²) in [4.78, 5) is 16.0. The number of para-hydroxylation sites is 1. The Morgan fingerprint density at radius 1 is 1.44 bits per heavy atom. The summed E-state index contributed by atoms with van der Waals surface area (Å²) in [5.41, 5.74) is 2.63. The van der Waals surface area contributed by atoms with Crippen molar-refractivity contribution in [2.45, 2.75) is 37.6 Å². The molecule has 0 saturated carbocycles. The van der Waals surface area contributed by atoms with Crippen molar-refractivity contribution in [1.29, 1.82) is 0 Å². The van der Waals surface area contributed by atoms with Crippen molar-refractivity contribution < 1.29 is 9.53 Å². The number of hydrogen-bond donors (Lipinski definition) is 1. The van der Waals surface area contributed by atoms with Gasteiger partial charge in [0, 0.05) is 28.8 Å². The summed E-state index contributed by atoms with van der Waals surface area (Å²) < 4.78 is 7.37. The quantitative estimate of drug-likeness (QED) is 0.539. The van der Waals surface area contributed by atoms with Crippen molar-refractivity contribution in [2.24, 2.45) is 0 Å². The Kier molecular flexibility index (Phi) is 4.54. The highest BCUT2D eigenvalue weighted by molar-refractivity contribution is 7.99. The first-order valence-corrected chi connectivity index (χ1v) is 9.32.